The normalized spacial score (nSPS) is 15.3. The molecule has 94 valence electrons. The van der Waals surface area contributed by atoms with Gasteiger partial charge in [-0.2, -0.15) is 0 Å². The number of rotatable bonds is 1. The number of hydrogen-bond donors (Lipinski definition) is 2. The molecule has 0 aliphatic carbocycles. The van der Waals surface area contributed by atoms with Crippen LogP contribution in [0.1, 0.15) is 5.56 Å². The second-order valence-corrected chi connectivity index (χ2v) is 4.13. The topological polar surface area (TPSA) is 78.5 Å². The van der Waals surface area contributed by atoms with Gasteiger partial charge in [0, 0.05) is 5.69 Å². The van der Waals surface area contributed by atoms with E-state index in [1.54, 1.807) is 6.07 Å². The summed E-state index contributed by atoms with van der Waals surface area (Å²) in [6, 6.07) is 6.83. The van der Waals surface area contributed by atoms with E-state index in [0.717, 1.165) is 5.56 Å². The zero-order valence-corrected chi connectivity index (χ0v) is 9.90. The van der Waals surface area contributed by atoms with E-state index in [1.807, 2.05) is 25.1 Å². The van der Waals surface area contributed by atoms with Crippen molar-refractivity contribution in [2.45, 2.75) is 6.92 Å². The fourth-order valence-electron chi connectivity index (χ4n) is 1.71. The molecule has 0 saturated carbocycles. The molecule has 0 aromatic heterocycles. The lowest BCUT2D eigenvalue weighted by Gasteiger charge is -2.25. The van der Waals surface area contributed by atoms with Gasteiger partial charge in [0.25, 0.3) is 0 Å². The average Bonchev–Trinajstić information content (AvgIpc) is 2.27. The summed E-state index contributed by atoms with van der Waals surface area (Å²) >= 11 is 0. The van der Waals surface area contributed by atoms with E-state index in [-0.39, 0.29) is 13.1 Å². The minimum Gasteiger partial charge on any atom is -0.308 e. The number of urea groups is 1. The zero-order chi connectivity index (χ0) is 13.1. The summed E-state index contributed by atoms with van der Waals surface area (Å²) < 4.78 is 0. The molecule has 1 saturated heterocycles. The minimum atomic E-state index is -0.467. The second kappa shape index (κ2) is 4.87. The average molecular weight is 247 g/mol. The van der Waals surface area contributed by atoms with E-state index < -0.39 is 17.8 Å². The molecule has 0 radical (unpaired) electrons. The van der Waals surface area contributed by atoms with Gasteiger partial charge in [0.05, 0.1) is 0 Å². The Labute approximate surface area is 104 Å². The highest BCUT2D eigenvalue weighted by molar-refractivity contribution is 6.04. The van der Waals surface area contributed by atoms with Crippen molar-refractivity contribution in [1.29, 1.82) is 0 Å². The molecular formula is C12H13N3O3. The van der Waals surface area contributed by atoms with Crippen molar-refractivity contribution >= 4 is 23.5 Å². The van der Waals surface area contributed by atoms with Gasteiger partial charge in [-0.15, -0.1) is 0 Å². The first-order valence-corrected chi connectivity index (χ1v) is 5.50. The van der Waals surface area contributed by atoms with Crippen LogP contribution in [0, 0.1) is 6.92 Å². The van der Waals surface area contributed by atoms with Crippen LogP contribution in [-0.2, 0) is 9.59 Å². The highest BCUT2D eigenvalue weighted by Gasteiger charge is 2.26. The van der Waals surface area contributed by atoms with Crippen LogP contribution in [0.2, 0.25) is 0 Å². The summed E-state index contributed by atoms with van der Waals surface area (Å²) in [5, 5.41) is 4.79. The number of piperazine rings is 1. The van der Waals surface area contributed by atoms with Crippen molar-refractivity contribution in [3.05, 3.63) is 29.8 Å². The highest BCUT2D eigenvalue weighted by atomic mass is 16.2. The third-order valence-corrected chi connectivity index (χ3v) is 2.50. The molecular weight excluding hydrogens is 234 g/mol. The lowest BCUT2D eigenvalue weighted by atomic mass is 10.2. The molecule has 1 heterocycles. The lowest BCUT2D eigenvalue weighted by molar-refractivity contribution is -0.134. The maximum atomic E-state index is 11.9. The lowest BCUT2D eigenvalue weighted by Crippen LogP contribution is -2.54. The van der Waals surface area contributed by atoms with Gasteiger partial charge in [0.2, 0.25) is 11.8 Å². The largest absolute Gasteiger partial charge is 0.322 e. The zero-order valence-electron chi connectivity index (χ0n) is 9.90. The molecule has 0 spiro atoms. The molecule has 1 aliphatic rings. The number of hydrogen-bond acceptors (Lipinski definition) is 3. The van der Waals surface area contributed by atoms with Crippen LogP contribution in [0.3, 0.4) is 0 Å². The fourth-order valence-corrected chi connectivity index (χ4v) is 1.71. The number of nitrogens with zero attached hydrogens (tertiary/aromatic N) is 1. The molecule has 1 fully saturated rings. The summed E-state index contributed by atoms with van der Waals surface area (Å²) in [6.07, 6.45) is 0. The van der Waals surface area contributed by atoms with Gasteiger partial charge in [0.1, 0.15) is 13.1 Å². The molecule has 6 heteroatoms. The molecule has 1 aliphatic heterocycles. The Morgan fingerprint density at radius 2 is 1.94 bits per heavy atom. The predicted octanol–water partition coefficient (Wildman–Crippen LogP) is 0.485. The molecule has 0 unspecified atom stereocenters. The van der Waals surface area contributed by atoms with Gasteiger partial charge in [0.15, 0.2) is 0 Å². The first-order valence-electron chi connectivity index (χ1n) is 5.50. The summed E-state index contributed by atoms with van der Waals surface area (Å²) in [6.45, 7) is 1.69. The number of amides is 4. The van der Waals surface area contributed by atoms with Crippen molar-refractivity contribution < 1.29 is 14.4 Å². The predicted molar refractivity (Wildman–Crippen MR) is 64.9 cm³/mol. The smallest absolute Gasteiger partial charge is 0.308 e. The molecule has 18 heavy (non-hydrogen) atoms. The van der Waals surface area contributed by atoms with E-state index in [1.165, 1.54) is 4.90 Å². The number of carbonyl (C=O) groups excluding carboxylic acids is 3. The van der Waals surface area contributed by atoms with Crippen molar-refractivity contribution in [2.75, 3.05) is 18.4 Å². The van der Waals surface area contributed by atoms with E-state index in [9.17, 15) is 14.4 Å². The number of carbonyl (C=O) groups is 3. The van der Waals surface area contributed by atoms with Gasteiger partial charge >= 0.3 is 6.03 Å². The Morgan fingerprint density at radius 3 is 2.56 bits per heavy atom. The molecule has 1 aromatic carbocycles. The molecule has 0 bridgehead atoms. The van der Waals surface area contributed by atoms with Crippen LogP contribution >= 0.6 is 0 Å². The molecule has 2 N–H and O–H groups in total. The third kappa shape index (κ3) is 2.85. The quantitative estimate of drug-likeness (QED) is 0.709. The molecule has 1 aromatic rings. The standard InChI is InChI=1S/C12H13N3O3/c1-8-3-2-4-9(5-8)13-12(18)15-6-10(16)14-11(17)7-15/h2-5H,6-7H2,1H3,(H,13,18)(H,14,16,17). The van der Waals surface area contributed by atoms with Crippen molar-refractivity contribution in [2.24, 2.45) is 0 Å². The van der Waals surface area contributed by atoms with E-state index >= 15 is 0 Å². The maximum absolute atomic E-state index is 11.9. The van der Waals surface area contributed by atoms with Crippen molar-refractivity contribution in [3.8, 4) is 0 Å². The number of imide groups is 1. The van der Waals surface area contributed by atoms with Crippen LogP contribution in [0.5, 0.6) is 0 Å². The van der Waals surface area contributed by atoms with Gasteiger partial charge < -0.3 is 10.2 Å². The van der Waals surface area contributed by atoms with E-state index in [4.69, 9.17) is 0 Å². The first kappa shape index (κ1) is 12.1. The van der Waals surface area contributed by atoms with Crippen LogP contribution in [0.25, 0.3) is 0 Å². The van der Waals surface area contributed by atoms with Gasteiger partial charge in [-0.3, -0.25) is 14.9 Å². The highest BCUT2D eigenvalue weighted by Crippen LogP contribution is 2.10. The molecule has 2 rings (SSSR count). The number of aryl methyl sites for hydroxylation is 1. The van der Waals surface area contributed by atoms with Crippen LogP contribution < -0.4 is 10.6 Å². The second-order valence-electron chi connectivity index (χ2n) is 4.13. The van der Waals surface area contributed by atoms with Crippen molar-refractivity contribution in [1.82, 2.24) is 10.2 Å². The van der Waals surface area contributed by atoms with Crippen LogP contribution in [-0.4, -0.2) is 35.8 Å². The van der Waals surface area contributed by atoms with Gasteiger partial charge in [-0.25, -0.2) is 4.79 Å². The van der Waals surface area contributed by atoms with E-state index in [0.29, 0.717) is 5.69 Å². The fraction of sp³-hybridized carbons (Fsp3) is 0.250. The molecule has 4 amide bonds. The summed E-state index contributed by atoms with van der Waals surface area (Å²) in [5.74, 6) is -0.934. The number of anilines is 1. The van der Waals surface area contributed by atoms with Gasteiger partial charge in [-0.1, -0.05) is 12.1 Å². The Kier molecular flexibility index (Phi) is 3.27. The molecule has 0 atom stereocenters. The summed E-state index contributed by atoms with van der Waals surface area (Å²) in [4.78, 5) is 35.3. The van der Waals surface area contributed by atoms with Crippen LogP contribution in [0.4, 0.5) is 10.5 Å². The third-order valence-electron chi connectivity index (χ3n) is 2.50. The Hall–Kier alpha value is -2.37. The Bertz CT molecular complexity index is 497. The SMILES string of the molecule is Cc1cccc(NC(=O)N2CC(=O)NC(=O)C2)c1. The Balaban J connectivity index is 2.03. The monoisotopic (exact) mass is 247 g/mol. The first-order chi connectivity index (χ1) is 8.54. The number of nitrogens with one attached hydrogen (secondary N) is 2. The maximum Gasteiger partial charge on any atom is 0.322 e. The van der Waals surface area contributed by atoms with Crippen LogP contribution in [0.15, 0.2) is 24.3 Å². The summed E-state index contributed by atoms with van der Waals surface area (Å²) in [7, 11) is 0. The number of benzene rings is 1. The Morgan fingerprint density at radius 1 is 1.28 bits per heavy atom. The summed E-state index contributed by atoms with van der Waals surface area (Å²) in [5.41, 5.74) is 1.65. The van der Waals surface area contributed by atoms with E-state index in [2.05, 4.69) is 10.6 Å². The van der Waals surface area contributed by atoms with Crippen molar-refractivity contribution in [3.63, 3.8) is 0 Å². The molecule has 6 nitrogen and oxygen atoms in total. The minimum absolute atomic E-state index is 0.108. The van der Waals surface area contributed by atoms with Gasteiger partial charge in [-0.05, 0) is 24.6 Å².